The summed E-state index contributed by atoms with van der Waals surface area (Å²) in [6, 6.07) is 4.85. The molecule has 17 heavy (non-hydrogen) atoms. The third-order valence-electron chi connectivity index (χ3n) is 2.04. The molecule has 0 aliphatic rings. The number of carbonyl (C=O) groups is 1. The summed E-state index contributed by atoms with van der Waals surface area (Å²) in [7, 11) is 0. The number of benzene rings is 1. The van der Waals surface area contributed by atoms with E-state index >= 15 is 0 Å². The predicted molar refractivity (Wildman–Crippen MR) is 62.7 cm³/mol. The Morgan fingerprint density at radius 3 is 2.53 bits per heavy atom. The van der Waals surface area contributed by atoms with Crippen LogP contribution in [0.2, 0.25) is 10.0 Å². The van der Waals surface area contributed by atoms with E-state index in [1.54, 1.807) is 18.2 Å². The van der Waals surface area contributed by atoms with Crippen molar-refractivity contribution in [1.29, 1.82) is 0 Å². The zero-order valence-corrected chi connectivity index (χ0v) is 9.98. The average Bonchev–Trinajstić information content (AvgIpc) is 2.63. The van der Waals surface area contributed by atoms with Crippen molar-refractivity contribution in [2.75, 3.05) is 0 Å². The zero-order valence-electron chi connectivity index (χ0n) is 8.47. The smallest absolute Gasteiger partial charge is 0.309 e. The van der Waals surface area contributed by atoms with Gasteiger partial charge in [-0.2, -0.15) is 0 Å². The fraction of sp³-hybridized carbons (Fsp3) is 0.100. The van der Waals surface area contributed by atoms with Gasteiger partial charge >= 0.3 is 5.97 Å². The number of hydrogen-bond donors (Lipinski definition) is 1. The van der Waals surface area contributed by atoms with Crippen molar-refractivity contribution in [3.8, 4) is 5.69 Å². The Morgan fingerprint density at radius 2 is 1.94 bits per heavy atom. The van der Waals surface area contributed by atoms with E-state index in [2.05, 4.69) is 10.3 Å². The number of rotatable bonds is 3. The van der Waals surface area contributed by atoms with Crippen molar-refractivity contribution in [3.63, 3.8) is 0 Å². The molecule has 1 heterocycles. The molecule has 0 amide bonds. The van der Waals surface area contributed by atoms with Crippen LogP contribution in [0.25, 0.3) is 5.69 Å². The summed E-state index contributed by atoms with van der Waals surface area (Å²) in [5, 5.41) is 17.1. The molecule has 0 radical (unpaired) electrons. The van der Waals surface area contributed by atoms with Crippen LogP contribution < -0.4 is 0 Å². The highest BCUT2D eigenvalue weighted by Crippen LogP contribution is 2.22. The van der Waals surface area contributed by atoms with Crippen molar-refractivity contribution in [1.82, 2.24) is 15.0 Å². The number of halogens is 2. The third kappa shape index (κ3) is 2.75. The number of carboxylic acids is 1. The van der Waals surface area contributed by atoms with Crippen molar-refractivity contribution in [2.45, 2.75) is 6.42 Å². The number of carboxylic acid groups (broad SMARTS) is 1. The molecule has 7 heteroatoms. The lowest BCUT2D eigenvalue weighted by Gasteiger charge is -2.05. The first-order chi connectivity index (χ1) is 8.06. The molecule has 5 nitrogen and oxygen atoms in total. The van der Waals surface area contributed by atoms with Crippen LogP contribution in [-0.2, 0) is 11.2 Å². The molecule has 0 spiro atoms. The van der Waals surface area contributed by atoms with E-state index < -0.39 is 5.97 Å². The Kier molecular flexibility index (Phi) is 3.31. The lowest BCUT2D eigenvalue weighted by Crippen LogP contribution is -2.08. The maximum Gasteiger partial charge on any atom is 0.309 e. The van der Waals surface area contributed by atoms with E-state index in [9.17, 15) is 4.79 Å². The minimum Gasteiger partial charge on any atom is -0.481 e. The normalized spacial score (nSPS) is 10.5. The third-order valence-corrected chi connectivity index (χ3v) is 2.48. The topological polar surface area (TPSA) is 68.0 Å². The molecule has 2 rings (SSSR count). The van der Waals surface area contributed by atoms with E-state index in [-0.39, 0.29) is 6.42 Å². The van der Waals surface area contributed by atoms with Gasteiger partial charge in [-0.15, -0.1) is 5.10 Å². The molecule has 1 aromatic carbocycles. The van der Waals surface area contributed by atoms with E-state index in [0.717, 1.165) is 0 Å². The molecule has 0 bridgehead atoms. The van der Waals surface area contributed by atoms with Gasteiger partial charge in [0.05, 0.1) is 24.0 Å². The lowest BCUT2D eigenvalue weighted by atomic mass is 10.3. The number of aliphatic carboxylic acids is 1. The van der Waals surface area contributed by atoms with Crippen LogP contribution in [0.3, 0.4) is 0 Å². The SMILES string of the molecule is O=C(O)Cc1cnnn1-c1cc(Cl)cc(Cl)c1. The summed E-state index contributed by atoms with van der Waals surface area (Å²) in [6.07, 6.45) is 1.22. The summed E-state index contributed by atoms with van der Waals surface area (Å²) in [4.78, 5) is 10.7. The summed E-state index contributed by atoms with van der Waals surface area (Å²) >= 11 is 11.7. The first-order valence-electron chi connectivity index (χ1n) is 4.64. The van der Waals surface area contributed by atoms with Gasteiger partial charge in [-0.3, -0.25) is 4.79 Å². The van der Waals surface area contributed by atoms with Crippen molar-refractivity contribution < 1.29 is 9.90 Å². The fourth-order valence-electron chi connectivity index (χ4n) is 1.41. The van der Waals surface area contributed by atoms with Crippen LogP contribution in [0.4, 0.5) is 0 Å². The summed E-state index contributed by atoms with van der Waals surface area (Å²) < 4.78 is 1.39. The Morgan fingerprint density at radius 1 is 1.29 bits per heavy atom. The van der Waals surface area contributed by atoms with E-state index in [4.69, 9.17) is 28.3 Å². The Bertz CT molecular complexity index is 548. The van der Waals surface area contributed by atoms with Gasteiger partial charge in [-0.1, -0.05) is 28.4 Å². The molecule has 88 valence electrons. The van der Waals surface area contributed by atoms with Crippen LogP contribution in [0.5, 0.6) is 0 Å². The maximum atomic E-state index is 10.7. The van der Waals surface area contributed by atoms with Gasteiger partial charge in [0.1, 0.15) is 0 Å². The molecular weight excluding hydrogens is 265 g/mol. The van der Waals surface area contributed by atoms with Crippen LogP contribution >= 0.6 is 23.2 Å². The van der Waals surface area contributed by atoms with Gasteiger partial charge in [0.25, 0.3) is 0 Å². The molecule has 2 aromatic rings. The molecule has 0 unspecified atom stereocenters. The van der Waals surface area contributed by atoms with Gasteiger partial charge in [0, 0.05) is 10.0 Å². The van der Waals surface area contributed by atoms with Gasteiger partial charge < -0.3 is 5.11 Å². The van der Waals surface area contributed by atoms with Gasteiger partial charge in [-0.05, 0) is 18.2 Å². The fourth-order valence-corrected chi connectivity index (χ4v) is 1.93. The minimum atomic E-state index is -0.957. The van der Waals surface area contributed by atoms with Crippen LogP contribution in [0.15, 0.2) is 24.4 Å². The number of aromatic nitrogens is 3. The molecule has 1 aromatic heterocycles. The van der Waals surface area contributed by atoms with E-state index in [1.807, 2.05) is 0 Å². The second-order valence-electron chi connectivity index (χ2n) is 3.34. The molecule has 1 N–H and O–H groups in total. The largest absolute Gasteiger partial charge is 0.481 e. The monoisotopic (exact) mass is 271 g/mol. The highest BCUT2D eigenvalue weighted by molar-refractivity contribution is 6.34. The minimum absolute atomic E-state index is 0.170. The quantitative estimate of drug-likeness (QED) is 0.930. The van der Waals surface area contributed by atoms with Crippen molar-refractivity contribution >= 4 is 29.2 Å². The van der Waals surface area contributed by atoms with Crippen LogP contribution in [-0.4, -0.2) is 26.1 Å². The molecular formula is C10H7Cl2N3O2. The second kappa shape index (κ2) is 4.73. The van der Waals surface area contributed by atoms with Gasteiger partial charge in [0.15, 0.2) is 0 Å². The first kappa shape index (κ1) is 11.9. The summed E-state index contributed by atoms with van der Waals surface area (Å²) in [5.74, 6) is -0.957. The van der Waals surface area contributed by atoms with Gasteiger partial charge in [-0.25, -0.2) is 4.68 Å². The predicted octanol–water partition coefficient (Wildman–Crippen LogP) is 2.20. The van der Waals surface area contributed by atoms with E-state index in [1.165, 1.54) is 10.9 Å². The summed E-state index contributed by atoms with van der Waals surface area (Å²) in [5.41, 5.74) is 1.03. The molecule has 0 aliphatic heterocycles. The second-order valence-corrected chi connectivity index (χ2v) is 4.21. The molecule has 0 saturated carbocycles. The Labute approximate surface area is 107 Å². The Hall–Kier alpha value is -1.59. The van der Waals surface area contributed by atoms with Crippen molar-refractivity contribution in [2.24, 2.45) is 0 Å². The summed E-state index contributed by atoms with van der Waals surface area (Å²) in [6.45, 7) is 0. The highest BCUT2D eigenvalue weighted by atomic mass is 35.5. The maximum absolute atomic E-state index is 10.7. The standard InChI is InChI=1S/C10H7Cl2N3O2/c11-6-1-7(12)3-8(2-6)15-9(4-10(16)17)5-13-14-15/h1-3,5H,4H2,(H,16,17). The number of hydrogen-bond acceptors (Lipinski definition) is 3. The van der Waals surface area contributed by atoms with Crippen LogP contribution in [0, 0.1) is 0 Å². The molecule has 0 atom stereocenters. The lowest BCUT2D eigenvalue weighted by molar-refractivity contribution is -0.136. The zero-order chi connectivity index (χ0) is 12.4. The van der Waals surface area contributed by atoms with Gasteiger partial charge in [0.2, 0.25) is 0 Å². The van der Waals surface area contributed by atoms with Crippen molar-refractivity contribution in [3.05, 3.63) is 40.1 Å². The molecule has 0 aliphatic carbocycles. The average molecular weight is 272 g/mol. The first-order valence-corrected chi connectivity index (χ1v) is 5.39. The number of nitrogens with zero attached hydrogens (tertiary/aromatic N) is 3. The molecule has 0 saturated heterocycles. The molecule has 0 fully saturated rings. The highest BCUT2D eigenvalue weighted by Gasteiger charge is 2.10. The van der Waals surface area contributed by atoms with E-state index in [0.29, 0.717) is 21.4 Å². The Balaban J connectivity index is 2.45. The van der Waals surface area contributed by atoms with Crippen LogP contribution in [0.1, 0.15) is 5.69 Å².